The standard InChI is InChI=1S/C21H28N4O2S.HI/c1-22-21(24(2)13-14-27-18-6-4-3-5-7-18)23-11-8-20(26)25-12-9-19-17(16-25)10-15-28-19;/h3-7,10,15H,8-9,11-14,16H2,1-2H3,(H,22,23);1H. The van der Waals surface area contributed by atoms with Crippen LogP contribution in [0.4, 0.5) is 0 Å². The molecule has 0 unspecified atom stereocenters. The SMILES string of the molecule is CN=C(NCCC(=O)N1CCc2sccc2C1)N(C)CCOc1ccccc1.I. The molecule has 1 aromatic heterocycles. The van der Waals surface area contributed by atoms with Crippen molar-refractivity contribution in [3.05, 3.63) is 52.2 Å². The third kappa shape index (κ3) is 6.88. The average Bonchev–Trinajstić information content (AvgIpc) is 3.19. The molecule has 8 heteroatoms. The first kappa shape index (κ1) is 23.5. The number of nitrogens with zero attached hydrogens (tertiary/aromatic N) is 3. The predicted octanol–water partition coefficient (Wildman–Crippen LogP) is 3.23. The topological polar surface area (TPSA) is 57.2 Å². The number of hydrogen-bond donors (Lipinski definition) is 1. The van der Waals surface area contributed by atoms with Crippen LogP contribution in [0.25, 0.3) is 0 Å². The van der Waals surface area contributed by atoms with Gasteiger partial charge < -0.3 is 19.9 Å². The monoisotopic (exact) mass is 528 g/mol. The van der Waals surface area contributed by atoms with Crippen LogP contribution in [0.15, 0.2) is 46.8 Å². The fourth-order valence-electron chi connectivity index (χ4n) is 3.21. The lowest BCUT2D eigenvalue weighted by atomic mass is 10.1. The van der Waals surface area contributed by atoms with E-state index >= 15 is 0 Å². The molecule has 3 rings (SSSR count). The lowest BCUT2D eigenvalue weighted by molar-refractivity contribution is -0.131. The van der Waals surface area contributed by atoms with Gasteiger partial charge in [-0.25, -0.2) is 0 Å². The van der Waals surface area contributed by atoms with E-state index in [1.807, 2.05) is 47.2 Å². The lowest BCUT2D eigenvalue weighted by Gasteiger charge is -2.27. The van der Waals surface area contributed by atoms with Gasteiger partial charge in [-0.05, 0) is 35.6 Å². The number of hydrogen-bond acceptors (Lipinski definition) is 4. The quantitative estimate of drug-likeness (QED) is 0.341. The number of nitrogens with one attached hydrogen (secondary N) is 1. The summed E-state index contributed by atoms with van der Waals surface area (Å²) in [5.74, 6) is 1.82. The van der Waals surface area contributed by atoms with E-state index < -0.39 is 0 Å². The molecule has 1 aromatic carbocycles. The van der Waals surface area contributed by atoms with Gasteiger partial charge in [0.15, 0.2) is 5.96 Å². The Hall–Kier alpha value is -1.81. The van der Waals surface area contributed by atoms with Crippen molar-refractivity contribution in [2.24, 2.45) is 4.99 Å². The number of guanidine groups is 1. The molecule has 0 saturated carbocycles. The molecular formula is C21H29IN4O2S. The highest BCUT2D eigenvalue weighted by molar-refractivity contribution is 14.0. The van der Waals surface area contributed by atoms with Gasteiger partial charge in [-0.1, -0.05) is 18.2 Å². The summed E-state index contributed by atoms with van der Waals surface area (Å²) in [5, 5.41) is 5.39. The van der Waals surface area contributed by atoms with E-state index in [9.17, 15) is 4.79 Å². The molecule has 0 saturated heterocycles. The summed E-state index contributed by atoms with van der Waals surface area (Å²) in [6.45, 7) is 3.40. The van der Waals surface area contributed by atoms with Crippen LogP contribution in [-0.2, 0) is 17.8 Å². The van der Waals surface area contributed by atoms with Crippen LogP contribution in [0.3, 0.4) is 0 Å². The summed E-state index contributed by atoms with van der Waals surface area (Å²) < 4.78 is 5.73. The molecule has 158 valence electrons. The van der Waals surface area contributed by atoms with Gasteiger partial charge in [0.2, 0.25) is 5.91 Å². The number of carbonyl (C=O) groups is 1. The minimum Gasteiger partial charge on any atom is -0.492 e. The number of fused-ring (bicyclic) bond motifs is 1. The highest BCUT2D eigenvalue weighted by Gasteiger charge is 2.21. The third-order valence-electron chi connectivity index (χ3n) is 4.79. The van der Waals surface area contributed by atoms with Crippen molar-refractivity contribution in [2.45, 2.75) is 19.4 Å². The van der Waals surface area contributed by atoms with Gasteiger partial charge in [-0.15, -0.1) is 35.3 Å². The number of ether oxygens (including phenoxy) is 1. The van der Waals surface area contributed by atoms with Gasteiger partial charge >= 0.3 is 0 Å². The Morgan fingerprint density at radius 1 is 1.31 bits per heavy atom. The number of halogens is 1. The van der Waals surface area contributed by atoms with Crippen molar-refractivity contribution in [3.8, 4) is 5.75 Å². The van der Waals surface area contributed by atoms with Crippen molar-refractivity contribution in [2.75, 3.05) is 40.3 Å². The van der Waals surface area contributed by atoms with Crippen LogP contribution >= 0.6 is 35.3 Å². The van der Waals surface area contributed by atoms with Crippen molar-refractivity contribution >= 4 is 47.2 Å². The second-order valence-electron chi connectivity index (χ2n) is 6.74. The molecule has 1 N–H and O–H groups in total. The van der Waals surface area contributed by atoms with Gasteiger partial charge in [-0.3, -0.25) is 9.79 Å². The predicted molar refractivity (Wildman–Crippen MR) is 129 cm³/mol. The van der Waals surface area contributed by atoms with Crippen LogP contribution in [-0.4, -0.2) is 62.0 Å². The molecule has 1 amide bonds. The van der Waals surface area contributed by atoms with Crippen molar-refractivity contribution < 1.29 is 9.53 Å². The number of carbonyl (C=O) groups excluding carboxylic acids is 1. The molecule has 29 heavy (non-hydrogen) atoms. The van der Waals surface area contributed by atoms with Crippen molar-refractivity contribution in [1.29, 1.82) is 0 Å². The van der Waals surface area contributed by atoms with Gasteiger partial charge in [0.25, 0.3) is 0 Å². The third-order valence-corrected chi connectivity index (χ3v) is 5.82. The van der Waals surface area contributed by atoms with Crippen LogP contribution in [0, 0.1) is 0 Å². The van der Waals surface area contributed by atoms with Crippen LogP contribution in [0.5, 0.6) is 5.75 Å². The molecule has 0 radical (unpaired) electrons. The Morgan fingerprint density at radius 2 is 2.10 bits per heavy atom. The number of thiophene rings is 1. The highest BCUT2D eigenvalue weighted by atomic mass is 127. The van der Waals surface area contributed by atoms with Crippen molar-refractivity contribution in [3.63, 3.8) is 0 Å². The Bertz CT molecular complexity index is 797. The Balaban J connectivity index is 0.00000300. The van der Waals surface area contributed by atoms with E-state index in [4.69, 9.17) is 4.74 Å². The first-order valence-corrected chi connectivity index (χ1v) is 10.5. The zero-order valence-electron chi connectivity index (χ0n) is 17.0. The van der Waals surface area contributed by atoms with Gasteiger partial charge in [0.1, 0.15) is 12.4 Å². The van der Waals surface area contributed by atoms with E-state index in [0.717, 1.165) is 31.2 Å². The number of rotatable bonds is 7. The smallest absolute Gasteiger partial charge is 0.224 e. The molecule has 6 nitrogen and oxygen atoms in total. The molecule has 2 heterocycles. The van der Waals surface area contributed by atoms with E-state index in [-0.39, 0.29) is 29.9 Å². The molecule has 0 bridgehead atoms. The maximum Gasteiger partial charge on any atom is 0.224 e. The Labute approximate surface area is 194 Å². The second-order valence-corrected chi connectivity index (χ2v) is 7.74. The molecule has 1 aliphatic heterocycles. The minimum absolute atomic E-state index is 0. The number of para-hydroxylation sites is 1. The number of amides is 1. The summed E-state index contributed by atoms with van der Waals surface area (Å²) in [5.41, 5.74) is 1.30. The minimum atomic E-state index is 0. The normalized spacial score (nSPS) is 13.3. The maximum absolute atomic E-state index is 12.5. The summed E-state index contributed by atoms with van der Waals surface area (Å²) in [6.07, 6.45) is 1.44. The first-order chi connectivity index (χ1) is 13.7. The molecule has 0 atom stereocenters. The van der Waals surface area contributed by atoms with E-state index in [2.05, 4.69) is 21.8 Å². The fraction of sp³-hybridized carbons (Fsp3) is 0.429. The van der Waals surface area contributed by atoms with E-state index in [1.165, 1.54) is 10.4 Å². The zero-order valence-corrected chi connectivity index (χ0v) is 20.1. The molecule has 1 aliphatic rings. The Kier molecular flexibility index (Phi) is 9.72. The average molecular weight is 528 g/mol. The van der Waals surface area contributed by atoms with Gasteiger partial charge in [0.05, 0.1) is 6.54 Å². The first-order valence-electron chi connectivity index (χ1n) is 9.60. The summed E-state index contributed by atoms with van der Waals surface area (Å²) in [4.78, 5) is 22.2. The van der Waals surface area contributed by atoms with Crippen LogP contribution in [0.1, 0.15) is 16.9 Å². The number of benzene rings is 1. The molecule has 2 aromatic rings. The summed E-state index contributed by atoms with van der Waals surface area (Å²) >= 11 is 1.79. The zero-order chi connectivity index (χ0) is 19.8. The van der Waals surface area contributed by atoms with Crippen LogP contribution < -0.4 is 10.1 Å². The molecule has 0 aliphatic carbocycles. The van der Waals surface area contributed by atoms with E-state index in [0.29, 0.717) is 26.1 Å². The number of aliphatic imine (C=N–C) groups is 1. The maximum atomic E-state index is 12.5. The van der Waals surface area contributed by atoms with Gasteiger partial charge in [0, 0.05) is 45.0 Å². The lowest BCUT2D eigenvalue weighted by Crippen LogP contribution is -2.43. The molecule has 0 spiro atoms. The van der Waals surface area contributed by atoms with E-state index in [1.54, 1.807) is 18.4 Å². The summed E-state index contributed by atoms with van der Waals surface area (Å²) in [7, 11) is 3.72. The number of likely N-dealkylation sites (N-methyl/N-ethyl adjacent to an activating group) is 1. The van der Waals surface area contributed by atoms with Gasteiger partial charge in [-0.2, -0.15) is 0 Å². The second kappa shape index (κ2) is 12.0. The summed E-state index contributed by atoms with van der Waals surface area (Å²) in [6, 6.07) is 11.9. The van der Waals surface area contributed by atoms with Crippen molar-refractivity contribution in [1.82, 2.24) is 15.1 Å². The molecular weight excluding hydrogens is 499 g/mol. The largest absolute Gasteiger partial charge is 0.492 e. The molecule has 0 fully saturated rings. The fourth-order valence-corrected chi connectivity index (χ4v) is 4.10. The Morgan fingerprint density at radius 3 is 2.86 bits per heavy atom. The van der Waals surface area contributed by atoms with Crippen LogP contribution in [0.2, 0.25) is 0 Å². The highest BCUT2D eigenvalue weighted by Crippen LogP contribution is 2.24.